The number of alkyl halides is 2. The molecule has 1 fully saturated rings. The van der Waals surface area contributed by atoms with Crippen molar-refractivity contribution in [2.45, 2.75) is 32.2 Å². The number of hydrogen-bond acceptors (Lipinski definition) is 3. The fourth-order valence-electron chi connectivity index (χ4n) is 2.42. The Hall–Kier alpha value is -1.56. The van der Waals surface area contributed by atoms with Crippen molar-refractivity contribution in [3.8, 4) is 0 Å². The molecule has 110 valence electrons. The third-order valence-corrected chi connectivity index (χ3v) is 3.61. The minimum Gasteiger partial charge on any atom is -0.296 e. The highest BCUT2D eigenvalue weighted by molar-refractivity contribution is 5.96. The molecule has 1 aromatic heterocycles. The van der Waals surface area contributed by atoms with E-state index in [1.807, 2.05) is 6.92 Å². The first kappa shape index (κ1) is 14.8. The molecule has 2 rings (SSSR count). The fraction of sp³-hybridized carbons (Fsp3) is 0.571. The summed E-state index contributed by atoms with van der Waals surface area (Å²) in [7, 11) is 0. The Labute approximate surface area is 117 Å². The second-order valence-corrected chi connectivity index (χ2v) is 5.02. The van der Waals surface area contributed by atoms with Crippen LogP contribution in [0.3, 0.4) is 0 Å². The lowest BCUT2D eigenvalue weighted by molar-refractivity contribution is -0.123. The van der Waals surface area contributed by atoms with E-state index in [4.69, 9.17) is 0 Å². The number of amides is 1. The molecule has 2 heterocycles. The molecule has 0 radical (unpaired) electrons. The van der Waals surface area contributed by atoms with Gasteiger partial charge in [-0.3, -0.25) is 14.6 Å². The minimum atomic E-state index is -2.68. The van der Waals surface area contributed by atoms with Crippen LogP contribution in [0.15, 0.2) is 24.4 Å². The number of carbonyl (C=O) groups excluding carboxylic acids is 1. The molecule has 0 aliphatic carbocycles. The van der Waals surface area contributed by atoms with Crippen LogP contribution in [0.5, 0.6) is 0 Å². The molecular weight excluding hydrogens is 264 g/mol. The third-order valence-electron chi connectivity index (χ3n) is 3.61. The molecule has 1 amide bonds. The first-order valence-corrected chi connectivity index (χ1v) is 6.79. The van der Waals surface area contributed by atoms with Crippen molar-refractivity contribution in [3.63, 3.8) is 0 Å². The molecule has 0 aromatic carbocycles. The van der Waals surface area contributed by atoms with Gasteiger partial charge in [0.1, 0.15) is 5.82 Å². The van der Waals surface area contributed by atoms with E-state index in [0.717, 1.165) is 0 Å². The van der Waals surface area contributed by atoms with Crippen molar-refractivity contribution in [2.75, 3.05) is 24.5 Å². The molecule has 20 heavy (non-hydrogen) atoms. The Kier molecular flexibility index (Phi) is 4.32. The first-order valence-electron chi connectivity index (χ1n) is 6.79. The van der Waals surface area contributed by atoms with E-state index < -0.39 is 12.0 Å². The maximum atomic E-state index is 13.2. The Balaban J connectivity index is 2.09. The zero-order valence-electron chi connectivity index (χ0n) is 11.7. The van der Waals surface area contributed by atoms with Crippen LogP contribution in [0.25, 0.3) is 0 Å². The zero-order valence-corrected chi connectivity index (χ0v) is 11.7. The van der Waals surface area contributed by atoms with E-state index in [0.29, 0.717) is 12.4 Å². The van der Waals surface area contributed by atoms with Crippen molar-refractivity contribution in [1.82, 2.24) is 9.88 Å². The number of halogens is 2. The summed E-state index contributed by atoms with van der Waals surface area (Å²) in [4.78, 5) is 19.7. The molecule has 4 nitrogen and oxygen atoms in total. The molecular formula is C14H19F2N3O. The normalized spacial score (nSPS) is 19.8. The second-order valence-electron chi connectivity index (χ2n) is 5.02. The van der Waals surface area contributed by atoms with Gasteiger partial charge in [0.05, 0.1) is 12.6 Å². The zero-order chi connectivity index (χ0) is 14.8. The van der Waals surface area contributed by atoms with E-state index in [1.54, 1.807) is 31.3 Å². The molecule has 1 atom stereocenters. The number of rotatable bonds is 4. The van der Waals surface area contributed by atoms with Gasteiger partial charge in [0.15, 0.2) is 0 Å². The van der Waals surface area contributed by atoms with E-state index in [1.165, 1.54) is 9.80 Å². The minimum absolute atomic E-state index is 0.180. The summed E-state index contributed by atoms with van der Waals surface area (Å²) in [5.74, 6) is -2.32. The topological polar surface area (TPSA) is 36.4 Å². The lowest BCUT2D eigenvalue weighted by Gasteiger charge is -2.28. The summed E-state index contributed by atoms with van der Waals surface area (Å²) >= 11 is 0. The Morgan fingerprint density at radius 2 is 2.30 bits per heavy atom. The summed E-state index contributed by atoms with van der Waals surface area (Å²) in [5, 5.41) is 0. The fourth-order valence-corrected chi connectivity index (χ4v) is 2.42. The molecule has 0 spiro atoms. The number of likely N-dealkylation sites (tertiary alicyclic amines) is 1. The summed E-state index contributed by atoms with van der Waals surface area (Å²) in [5.41, 5.74) is 0. The number of pyridine rings is 1. The van der Waals surface area contributed by atoms with Gasteiger partial charge in [0, 0.05) is 25.7 Å². The summed E-state index contributed by atoms with van der Waals surface area (Å²) in [6.45, 7) is 3.89. The molecule has 1 saturated heterocycles. The van der Waals surface area contributed by atoms with Crippen molar-refractivity contribution < 1.29 is 13.6 Å². The number of hydrogen-bond donors (Lipinski definition) is 0. The monoisotopic (exact) mass is 283 g/mol. The maximum absolute atomic E-state index is 13.2. The Bertz CT molecular complexity index is 467. The van der Waals surface area contributed by atoms with Gasteiger partial charge in [-0.1, -0.05) is 6.07 Å². The summed E-state index contributed by atoms with van der Waals surface area (Å²) < 4.78 is 26.5. The third kappa shape index (κ3) is 3.12. The SMILES string of the molecule is CCN(C(=O)C(C)N1CCC(F)(F)C1)c1ccccn1. The molecule has 0 saturated carbocycles. The average Bonchev–Trinajstić information content (AvgIpc) is 2.80. The van der Waals surface area contributed by atoms with E-state index in [2.05, 4.69) is 4.98 Å². The number of likely N-dealkylation sites (N-methyl/N-ethyl adjacent to an activating group) is 1. The molecule has 6 heteroatoms. The molecule has 1 aliphatic heterocycles. The van der Waals surface area contributed by atoms with Crippen LogP contribution < -0.4 is 4.90 Å². The molecule has 0 bridgehead atoms. The van der Waals surface area contributed by atoms with Crippen LogP contribution in [0.1, 0.15) is 20.3 Å². The van der Waals surface area contributed by atoms with Gasteiger partial charge in [-0.25, -0.2) is 13.8 Å². The number of anilines is 1. The van der Waals surface area contributed by atoms with Crippen molar-refractivity contribution in [1.29, 1.82) is 0 Å². The van der Waals surface area contributed by atoms with Gasteiger partial charge >= 0.3 is 0 Å². The van der Waals surface area contributed by atoms with Gasteiger partial charge in [0.2, 0.25) is 5.91 Å². The average molecular weight is 283 g/mol. The lowest BCUT2D eigenvalue weighted by Crippen LogP contribution is -2.47. The van der Waals surface area contributed by atoms with E-state index in [-0.39, 0.29) is 25.4 Å². The van der Waals surface area contributed by atoms with E-state index >= 15 is 0 Å². The van der Waals surface area contributed by atoms with Crippen LogP contribution in [-0.4, -0.2) is 47.4 Å². The summed E-state index contributed by atoms with van der Waals surface area (Å²) in [6.07, 6.45) is 1.43. The van der Waals surface area contributed by atoms with Gasteiger partial charge in [0.25, 0.3) is 5.92 Å². The quantitative estimate of drug-likeness (QED) is 0.849. The number of carbonyl (C=O) groups is 1. The van der Waals surface area contributed by atoms with Gasteiger partial charge in [-0.05, 0) is 26.0 Å². The smallest absolute Gasteiger partial charge is 0.261 e. The van der Waals surface area contributed by atoms with Crippen LogP contribution in [0.2, 0.25) is 0 Å². The molecule has 0 N–H and O–H groups in total. The Morgan fingerprint density at radius 3 is 2.80 bits per heavy atom. The van der Waals surface area contributed by atoms with Crippen molar-refractivity contribution in [2.24, 2.45) is 0 Å². The predicted molar refractivity (Wildman–Crippen MR) is 72.9 cm³/mol. The number of nitrogens with zero attached hydrogens (tertiary/aromatic N) is 3. The van der Waals surface area contributed by atoms with Crippen LogP contribution in [0.4, 0.5) is 14.6 Å². The van der Waals surface area contributed by atoms with Gasteiger partial charge < -0.3 is 0 Å². The Morgan fingerprint density at radius 1 is 1.55 bits per heavy atom. The molecule has 1 unspecified atom stereocenters. The summed E-state index contributed by atoms with van der Waals surface area (Å²) in [6, 6.07) is 4.75. The largest absolute Gasteiger partial charge is 0.296 e. The van der Waals surface area contributed by atoms with Crippen LogP contribution in [0, 0.1) is 0 Å². The van der Waals surface area contributed by atoms with Gasteiger partial charge in [-0.2, -0.15) is 0 Å². The lowest BCUT2D eigenvalue weighted by atomic mass is 10.2. The van der Waals surface area contributed by atoms with E-state index in [9.17, 15) is 13.6 Å². The highest BCUT2D eigenvalue weighted by atomic mass is 19.3. The second kappa shape index (κ2) is 5.83. The van der Waals surface area contributed by atoms with Crippen molar-refractivity contribution in [3.05, 3.63) is 24.4 Å². The predicted octanol–water partition coefficient (Wildman–Crippen LogP) is 2.16. The maximum Gasteiger partial charge on any atom is 0.261 e. The number of aromatic nitrogens is 1. The van der Waals surface area contributed by atoms with Crippen LogP contribution >= 0.6 is 0 Å². The van der Waals surface area contributed by atoms with Gasteiger partial charge in [-0.15, -0.1) is 0 Å². The highest BCUT2D eigenvalue weighted by Gasteiger charge is 2.42. The first-order chi connectivity index (χ1) is 9.44. The standard InChI is InChI=1S/C14H19F2N3O/c1-3-19(12-6-4-5-8-17-12)13(20)11(2)18-9-7-14(15,16)10-18/h4-6,8,11H,3,7,9-10H2,1-2H3. The highest BCUT2D eigenvalue weighted by Crippen LogP contribution is 2.28. The molecule has 1 aliphatic rings. The molecule has 1 aromatic rings. The van der Waals surface area contributed by atoms with Crippen molar-refractivity contribution >= 4 is 11.7 Å². The van der Waals surface area contributed by atoms with Crippen LogP contribution in [-0.2, 0) is 4.79 Å².